The first-order valence-corrected chi connectivity index (χ1v) is 4.04. The van der Waals surface area contributed by atoms with E-state index in [0.29, 0.717) is 0 Å². The Labute approximate surface area is 82.3 Å². The predicted molar refractivity (Wildman–Crippen MR) is 52.1 cm³/mol. The van der Waals surface area contributed by atoms with Crippen molar-refractivity contribution in [2.45, 2.75) is 0 Å². The van der Waals surface area contributed by atoms with Crippen LogP contribution < -0.4 is 0 Å². The van der Waals surface area contributed by atoms with Crippen LogP contribution in [-0.4, -0.2) is 4.92 Å². The highest BCUT2D eigenvalue weighted by atomic mass is 127. The summed E-state index contributed by atoms with van der Waals surface area (Å²) in [6.45, 7) is 6.67. The van der Waals surface area contributed by atoms with Gasteiger partial charge < -0.3 is 0 Å². The van der Waals surface area contributed by atoms with Gasteiger partial charge in [-0.25, -0.2) is 4.85 Å². The van der Waals surface area contributed by atoms with Gasteiger partial charge in [0.1, 0.15) is 0 Å². The van der Waals surface area contributed by atoms with Crippen molar-refractivity contribution in [2.75, 3.05) is 0 Å². The molecular formula is C7H3IN2O2. The molecule has 60 valence electrons. The van der Waals surface area contributed by atoms with Crippen LogP contribution in [0, 0.1) is 20.3 Å². The minimum atomic E-state index is -0.546. The van der Waals surface area contributed by atoms with Crippen molar-refractivity contribution >= 4 is 34.0 Å². The Hall–Kier alpha value is -1.16. The average molecular weight is 274 g/mol. The molecule has 0 fully saturated rings. The van der Waals surface area contributed by atoms with E-state index in [1.807, 2.05) is 22.6 Å². The van der Waals surface area contributed by atoms with Crippen molar-refractivity contribution in [2.24, 2.45) is 0 Å². The van der Waals surface area contributed by atoms with Gasteiger partial charge in [-0.3, -0.25) is 10.1 Å². The van der Waals surface area contributed by atoms with Gasteiger partial charge in [0.2, 0.25) is 0 Å². The maximum absolute atomic E-state index is 10.4. The van der Waals surface area contributed by atoms with Crippen molar-refractivity contribution in [1.29, 1.82) is 0 Å². The second kappa shape index (κ2) is 3.49. The molecule has 0 radical (unpaired) electrons. The van der Waals surface area contributed by atoms with E-state index in [9.17, 15) is 10.1 Å². The number of hydrogen-bond donors (Lipinski definition) is 0. The predicted octanol–water partition coefficient (Wildman–Crippen LogP) is 2.75. The van der Waals surface area contributed by atoms with Gasteiger partial charge in [-0.05, 0) is 28.7 Å². The van der Waals surface area contributed by atoms with Crippen LogP contribution in [-0.2, 0) is 0 Å². The van der Waals surface area contributed by atoms with E-state index in [0.717, 1.165) is 3.57 Å². The van der Waals surface area contributed by atoms with Crippen LogP contribution in [0.25, 0.3) is 4.85 Å². The molecule has 5 heteroatoms. The van der Waals surface area contributed by atoms with Crippen LogP contribution in [0.3, 0.4) is 0 Å². The third-order valence-corrected chi connectivity index (χ3v) is 1.93. The summed E-state index contributed by atoms with van der Waals surface area (Å²) < 4.78 is 0.756. The maximum Gasteiger partial charge on any atom is 0.280 e. The zero-order valence-electron chi connectivity index (χ0n) is 5.82. The van der Waals surface area contributed by atoms with E-state index in [4.69, 9.17) is 6.57 Å². The van der Waals surface area contributed by atoms with E-state index in [2.05, 4.69) is 4.85 Å². The van der Waals surface area contributed by atoms with Crippen LogP contribution in [0.1, 0.15) is 0 Å². The highest BCUT2D eigenvalue weighted by Gasteiger charge is 2.13. The number of hydrogen-bond acceptors (Lipinski definition) is 2. The molecule has 0 aliphatic rings. The van der Waals surface area contributed by atoms with Gasteiger partial charge in [0, 0.05) is 9.64 Å². The fourth-order valence-electron chi connectivity index (χ4n) is 0.737. The summed E-state index contributed by atoms with van der Waals surface area (Å²) in [6.07, 6.45) is 0. The lowest BCUT2D eigenvalue weighted by molar-refractivity contribution is -0.383. The summed E-state index contributed by atoms with van der Waals surface area (Å²) in [5.41, 5.74) is -0.0442. The summed E-state index contributed by atoms with van der Waals surface area (Å²) in [4.78, 5) is 12.9. The molecule has 0 unspecified atom stereocenters. The molecule has 0 saturated heterocycles. The smallest absolute Gasteiger partial charge is 0.260 e. The molecule has 1 aromatic rings. The van der Waals surface area contributed by atoms with Gasteiger partial charge >= 0.3 is 0 Å². The Bertz CT molecular complexity index is 370. The standard InChI is InChI=1S/C7H3IN2O2/c1-9-6-3-2-5(8)4-7(6)10(11)12/h2-4H. The van der Waals surface area contributed by atoms with Crippen LogP contribution in [0.5, 0.6) is 0 Å². The average Bonchev–Trinajstić information content (AvgIpc) is 2.04. The lowest BCUT2D eigenvalue weighted by Crippen LogP contribution is -1.88. The molecule has 0 spiro atoms. The number of nitro groups is 1. The van der Waals surface area contributed by atoms with Gasteiger partial charge in [-0.1, -0.05) is 6.07 Å². The molecule has 4 nitrogen and oxygen atoms in total. The maximum atomic E-state index is 10.4. The normalized spacial score (nSPS) is 9.00. The number of nitrogens with zero attached hydrogens (tertiary/aromatic N) is 2. The van der Waals surface area contributed by atoms with Gasteiger partial charge in [-0.15, -0.1) is 0 Å². The minimum absolute atomic E-state index is 0.0837. The summed E-state index contributed by atoms with van der Waals surface area (Å²) in [6, 6.07) is 4.50. The molecule has 0 aromatic heterocycles. The Morgan fingerprint density at radius 2 is 2.25 bits per heavy atom. The first-order valence-electron chi connectivity index (χ1n) is 2.96. The van der Waals surface area contributed by atoms with E-state index in [-0.39, 0.29) is 11.4 Å². The third-order valence-electron chi connectivity index (χ3n) is 1.25. The Kier molecular flexibility index (Phi) is 2.60. The summed E-state index contributed by atoms with van der Waals surface area (Å²) in [5, 5.41) is 10.4. The monoisotopic (exact) mass is 274 g/mol. The molecule has 12 heavy (non-hydrogen) atoms. The SMILES string of the molecule is [C-]#[N+]c1ccc(I)cc1[N+](=O)[O-]. The first kappa shape index (κ1) is 8.93. The van der Waals surface area contributed by atoms with Crippen molar-refractivity contribution in [1.82, 2.24) is 0 Å². The van der Waals surface area contributed by atoms with E-state index >= 15 is 0 Å². The Balaban J connectivity index is 3.34. The third kappa shape index (κ3) is 1.71. The largest absolute Gasteiger partial charge is 0.280 e. The molecule has 0 aliphatic carbocycles. The molecule has 0 amide bonds. The summed E-state index contributed by atoms with van der Waals surface area (Å²) in [5.74, 6) is 0. The van der Waals surface area contributed by atoms with E-state index < -0.39 is 4.92 Å². The molecule has 0 bridgehead atoms. The zero-order valence-corrected chi connectivity index (χ0v) is 7.98. The fourth-order valence-corrected chi connectivity index (χ4v) is 1.21. The van der Waals surface area contributed by atoms with Crippen LogP contribution in [0.2, 0.25) is 0 Å². The molecular weight excluding hydrogens is 271 g/mol. The van der Waals surface area contributed by atoms with Gasteiger partial charge in [0.25, 0.3) is 11.4 Å². The number of benzene rings is 1. The Morgan fingerprint density at radius 3 is 2.75 bits per heavy atom. The van der Waals surface area contributed by atoms with Crippen LogP contribution >= 0.6 is 22.6 Å². The summed E-state index contributed by atoms with van der Waals surface area (Å²) in [7, 11) is 0. The molecule has 1 aromatic carbocycles. The lowest BCUT2D eigenvalue weighted by Gasteiger charge is -1.94. The second-order valence-electron chi connectivity index (χ2n) is 2.00. The number of rotatable bonds is 1. The van der Waals surface area contributed by atoms with Gasteiger partial charge in [0.05, 0.1) is 11.5 Å². The highest BCUT2D eigenvalue weighted by Crippen LogP contribution is 2.28. The lowest BCUT2D eigenvalue weighted by atomic mass is 10.3. The zero-order chi connectivity index (χ0) is 9.14. The van der Waals surface area contributed by atoms with Crippen molar-refractivity contribution in [3.05, 3.63) is 43.3 Å². The molecule has 0 atom stereocenters. The topological polar surface area (TPSA) is 47.5 Å². The van der Waals surface area contributed by atoms with E-state index in [1.54, 1.807) is 6.07 Å². The fraction of sp³-hybridized carbons (Fsp3) is 0. The molecule has 0 N–H and O–H groups in total. The van der Waals surface area contributed by atoms with Crippen molar-refractivity contribution in [3.8, 4) is 0 Å². The highest BCUT2D eigenvalue weighted by molar-refractivity contribution is 14.1. The van der Waals surface area contributed by atoms with Gasteiger partial charge in [0.15, 0.2) is 0 Å². The second-order valence-corrected chi connectivity index (χ2v) is 3.25. The van der Waals surface area contributed by atoms with Crippen molar-refractivity contribution in [3.63, 3.8) is 0 Å². The Morgan fingerprint density at radius 1 is 1.58 bits per heavy atom. The minimum Gasteiger partial charge on any atom is -0.260 e. The van der Waals surface area contributed by atoms with Crippen molar-refractivity contribution < 1.29 is 4.92 Å². The number of halogens is 1. The van der Waals surface area contributed by atoms with Gasteiger partial charge in [-0.2, -0.15) is 0 Å². The molecule has 0 aliphatic heterocycles. The summed E-state index contributed by atoms with van der Waals surface area (Å²) >= 11 is 1.96. The van der Waals surface area contributed by atoms with Crippen LogP contribution in [0.4, 0.5) is 11.4 Å². The molecule has 0 heterocycles. The first-order chi connectivity index (χ1) is 5.65. The molecule has 1 rings (SSSR count). The van der Waals surface area contributed by atoms with E-state index in [1.165, 1.54) is 12.1 Å². The van der Waals surface area contributed by atoms with Crippen LogP contribution in [0.15, 0.2) is 18.2 Å². The number of nitro benzene ring substituents is 1. The quantitative estimate of drug-likeness (QED) is 0.342. The molecule has 0 saturated carbocycles.